The highest BCUT2D eigenvalue weighted by Gasteiger charge is 2.31. The summed E-state index contributed by atoms with van der Waals surface area (Å²) in [6.07, 6.45) is 1.61. The third-order valence-corrected chi connectivity index (χ3v) is 3.65. The van der Waals surface area contributed by atoms with E-state index in [-0.39, 0.29) is 5.92 Å². The van der Waals surface area contributed by atoms with Crippen LogP contribution in [0.15, 0.2) is 18.3 Å². The fourth-order valence-corrected chi connectivity index (χ4v) is 2.52. The summed E-state index contributed by atoms with van der Waals surface area (Å²) in [5.74, 6) is 1.30. The highest BCUT2D eigenvalue weighted by atomic mass is 19.1. The predicted molar refractivity (Wildman–Crippen MR) is 69.0 cm³/mol. The molecule has 1 fully saturated rings. The van der Waals surface area contributed by atoms with Gasteiger partial charge < -0.3 is 4.90 Å². The minimum absolute atomic E-state index is 0.152. The van der Waals surface area contributed by atoms with Gasteiger partial charge in [0.1, 0.15) is 18.1 Å². The molecule has 0 saturated carbocycles. The van der Waals surface area contributed by atoms with Gasteiger partial charge in [-0.2, -0.15) is 5.26 Å². The molecule has 0 N–H and O–H groups in total. The molecule has 4 heteroatoms. The van der Waals surface area contributed by atoms with Crippen molar-refractivity contribution >= 4 is 5.82 Å². The zero-order valence-corrected chi connectivity index (χ0v) is 10.8. The number of pyridine rings is 1. The SMILES string of the molecule is CC(C)[C@@H]1CCN(c2ccc(C#N)cn2)C[C@H]1F. The molecular formula is C14H18FN3. The average molecular weight is 247 g/mol. The lowest BCUT2D eigenvalue weighted by atomic mass is 9.85. The Bertz CT molecular complexity index is 435. The van der Waals surface area contributed by atoms with Gasteiger partial charge >= 0.3 is 0 Å². The zero-order valence-electron chi connectivity index (χ0n) is 10.8. The van der Waals surface area contributed by atoms with Crippen LogP contribution in [-0.2, 0) is 0 Å². The van der Waals surface area contributed by atoms with Gasteiger partial charge in [0.2, 0.25) is 0 Å². The van der Waals surface area contributed by atoms with E-state index in [1.165, 1.54) is 6.20 Å². The fraction of sp³-hybridized carbons (Fsp3) is 0.571. The molecule has 18 heavy (non-hydrogen) atoms. The molecule has 1 aromatic heterocycles. The van der Waals surface area contributed by atoms with Crippen molar-refractivity contribution in [3.8, 4) is 6.07 Å². The Morgan fingerprint density at radius 3 is 2.78 bits per heavy atom. The molecule has 1 aromatic rings. The van der Waals surface area contributed by atoms with Crippen molar-refractivity contribution in [1.82, 2.24) is 4.98 Å². The van der Waals surface area contributed by atoms with Crippen molar-refractivity contribution in [2.24, 2.45) is 11.8 Å². The summed E-state index contributed by atoms with van der Waals surface area (Å²) in [4.78, 5) is 6.18. The Hall–Kier alpha value is -1.63. The predicted octanol–water partition coefficient (Wildman–Crippen LogP) is 2.77. The van der Waals surface area contributed by atoms with E-state index in [0.29, 0.717) is 18.0 Å². The van der Waals surface area contributed by atoms with E-state index in [1.807, 2.05) is 11.0 Å². The lowest BCUT2D eigenvalue weighted by Crippen LogP contribution is -2.43. The summed E-state index contributed by atoms with van der Waals surface area (Å²) in [5, 5.41) is 8.71. The first kappa shape index (κ1) is 12.8. The second-order valence-electron chi connectivity index (χ2n) is 5.18. The first-order valence-corrected chi connectivity index (χ1v) is 6.37. The molecule has 0 spiro atoms. The lowest BCUT2D eigenvalue weighted by molar-refractivity contribution is 0.153. The number of aromatic nitrogens is 1. The van der Waals surface area contributed by atoms with Crippen LogP contribution in [0.25, 0.3) is 0 Å². The number of hydrogen-bond donors (Lipinski definition) is 0. The van der Waals surface area contributed by atoms with Crippen molar-refractivity contribution in [3.63, 3.8) is 0 Å². The topological polar surface area (TPSA) is 39.9 Å². The van der Waals surface area contributed by atoms with E-state index in [1.54, 1.807) is 12.1 Å². The van der Waals surface area contributed by atoms with Crippen LogP contribution in [0.3, 0.4) is 0 Å². The monoisotopic (exact) mass is 247 g/mol. The molecule has 2 heterocycles. The lowest BCUT2D eigenvalue weighted by Gasteiger charge is -2.37. The van der Waals surface area contributed by atoms with Gasteiger partial charge in [0.05, 0.1) is 12.1 Å². The third-order valence-electron chi connectivity index (χ3n) is 3.65. The highest BCUT2D eigenvalue weighted by Crippen LogP contribution is 2.29. The number of nitrogens with zero attached hydrogens (tertiary/aromatic N) is 3. The van der Waals surface area contributed by atoms with Crippen molar-refractivity contribution in [3.05, 3.63) is 23.9 Å². The molecule has 3 nitrogen and oxygen atoms in total. The Morgan fingerprint density at radius 1 is 1.50 bits per heavy atom. The van der Waals surface area contributed by atoms with Gasteiger partial charge in [-0.3, -0.25) is 0 Å². The van der Waals surface area contributed by atoms with Gasteiger partial charge in [-0.05, 0) is 30.4 Å². The molecule has 0 bridgehead atoms. The van der Waals surface area contributed by atoms with Gasteiger partial charge in [-0.15, -0.1) is 0 Å². The molecule has 0 unspecified atom stereocenters. The van der Waals surface area contributed by atoms with Crippen LogP contribution in [0, 0.1) is 23.2 Å². The van der Waals surface area contributed by atoms with E-state index in [0.717, 1.165) is 18.8 Å². The van der Waals surface area contributed by atoms with Crippen LogP contribution in [0.5, 0.6) is 0 Å². The minimum Gasteiger partial charge on any atom is -0.354 e. The maximum absolute atomic E-state index is 14.1. The van der Waals surface area contributed by atoms with Crippen LogP contribution in [-0.4, -0.2) is 24.2 Å². The summed E-state index contributed by atoms with van der Waals surface area (Å²) in [5.41, 5.74) is 0.535. The van der Waals surface area contributed by atoms with E-state index in [4.69, 9.17) is 5.26 Å². The Labute approximate surface area is 107 Å². The van der Waals surface area contributed by atoms with Gasteiger partial charge in [-0.1, -0.05) is 13.8 Å². The Morgan fingerprint density at radius 2 is 2.28 bits per heavy atom. The second-order valence-corrected chi connectivity index (χ2v) is 5.18. The fourth-order valence-electron chi connectivity index (χ4n) is 2.52. The maximum atomic E-state index is 14.1. The normalized spacial score (nSPS) is 24.1. The number of nitriles is 1. The molecule has 1 aliphatic rings. The molecule has 2 atom stereocenters. The van der Waals surface area contributed by atoms with E-state index >= 15 is 0 Å². The standard InChI is InChI=1S/C14H18FN3/c1-10(2)12-5-6-18(9-13(12)15)14-4-3-11(7-16)8-17-14/h3-4,8,10,12-13H,5-6,9H2,1-2H3/t12-,13+/m0/s1. The summed E-state index contributed by atoms with van der Waals surface area (Å²) < 4.78 is 14.1. The van der Waals surface area contributed by atoms with Gasteiger partial charge in [0.25, 0.3) is 0 Å². The number of anilines is 1. The van der Waals surface area contributed by atoms with Crippen LogP contribution < -0.4 is 4.90 Å². The van der Waals surface area contributed by atoms with Gasteiger partial charge in [-0.25, -0.2) is 9.37 Å². The van der Waals surface area contributed by atoms with Crippen LogP contribution in [0.1, 0.15) is 25.8 Å². The smallest absolute Gasteiger partial charge is 0.128 e. The minimum atomic E-state index is -0.795. The third kappa shape index (κ3) is 2.61. The second kappa shape index (κ2) is 5.34. The van der Waals surface area contributed by atoms with Crippen LogP contribution >= 0.6 is 0 Å². The number of halogens is 1. The summed E-state index contributed by atoms with van der Waals surface area (Å²) in [6, 6.07) is 5.55. The van der Waals surface area contributed by atoms with Gasteiger partial charge in [0.15, 0.2) is 0 Å². The number of hydrogen-bond acceptors (Lipinski definition) is 3. The van der Waals surface area contributed by atoms with Gasteiger partial charge in [0, 0.05) is 12.7 Å². The van der Waals surface area contributed by atoms with Crippen molar-refractivity contribution in [1.29, 1.82) is 5.26 Å². The Kier molecular flexibility index (Phi) is 3.81. The molecule has 0 amide bonds. The molecule has 0 aliphatic carbocycles. The quantitative estimate of drug-likeness (QED) is 0.806. The molecule has 96 valence electrons. The highest BCUT2D eigenvalue weighted by molar-refractivity contribution is 5.42. The zero-order chi connectivity index (χ0) is 13.1. The number of alkyl halides is 1. The number of piperidine rings is 1. The molecular weight excluding hydrogens is 229 g/mol. The van der Waals surface area contributed by atoms with Crippen molar-refractivity contribution in [2.45, 2.75) is 26.4 Å². The summed E-state index contributed by atoms with van der Waals surface area (Å²) in [6.45, 7) is 5.39. The van der Waals surface area contributed by atoms with Crippen molar-refractivity contribution < 1.29 is 4.39 Å². The molecule has 0 radical (unpaired) electrons. The first-order valence-electron chi connectivity index (χ1n) is 6.37. The van der Waals surface area contributed by atoms with Crippen molar-refractivity contribution in [2.75, 3.05) is 18.0 Å². The van der Waals surface area contributed by atoms with Crippen LogP contribution in [0.2, 0.25) is 0 Å². The van der Waals surface area contributed by atoms with Crippen LogP contribution in [0.4, 0.5) is 10.2 Å². The van der Waals surface area contributed by atoms with E-state index in [2.05, 4.69) is 18.8 Å². The molecule has 1 saturated heterocycles. The first-order chi connectivity index (χ1) is 8.61. The largest absolute Gasteiger partial charge is 0.354 e. The Balaban J connectivity index is 2.05. The number of rotatable bonds is 2. The molecule has 0 aromatic carbocycles. The maximum Gasteiger partial charge on any atom is 0.128 e. The van der Waals surface area contributed by atoms with E-state index < -0.39 is 6.17 Å². The molecule has 1 aliphatic heterocycles. The average Bonchev–Trinajstić information content (AvgIpc) is 2.38. The summed E-state index contributed by atoms with van der Waals surface area (Å²) in [7, 11) is 0. The van der Waals surface area contributed by atoms with E-state index in [9.17, 15) is 4.39 Å². The summed E-state index contributed by atoms with van der Waals surface area (Å²) >= 11 is 0. The molecule has 2 rings (SSSR count).